The molecule has 0 aliphatic carbocycles. The summed E-state index contributed by atoms with van der Waals surface area (Å²) in [5.74, 6) is 0.957. The maximum atomic E-state index is 12.9. The van der Waals surface area contributed by atoms with Crippen LogP contribution in [0.15, 0.2) is 91.1 Å². The average Bonchev–Trinajstić information content (AvgIpc) is 2.92. The van der Waals surface area contributed by atoms with Crippen molar-refractivity contribution >= 4 is 23.3 Å². The number of hydrogen-bond donors (Lipinski definition) is 3. The number of alkyl halides is 3. The van der Waals surface area contributed by atoms with Gasteiger partial charge in [-0.1, -0.05) is 18.2 Å². The van der Waals surface area contributed by atoms with Crippen molar-refractivity contribution in [3.05, 3.63) is 108 Å². The summed E-state index contributed by atoms with van der Waals surface area (Å²) in [5.41, 5.74) is 0.762. The molecule has 0 aliphatic rings. The number of amides is 3. The van der Waals surface area contributed by atoms with Crippen molar-refractivity contribution in [2.24, 2.45) is 0 Å². The molecule has 0 saturated heterocycles. The molecule has 11 heteroatoms. The van der Waals surface area contributed by atoms with Gasteiger partial charge in [0.1, 0.15) is 29.5 Å². The highest BCUT2D eigenvalue weighted by Gasteiger charge is 2.30. The third-order valence-corrected chi connectivity index (χ3v) is 5.29. The highest BCUT2D eigenvalue weighted by molar-refractivity contribution is 5.99. The van der Waals surface area contributed by atoms with Gasteiger partial charge in [0.05, 0.1) is 5.56 Å². The largest absolute Gasteiger partial charge is 0.489 e. The van der Waals surface area contributed by atoms with Crippen LogP contribution in [0.5, 0.6) is 17.2 Å². The number of ether oxygens (including phenoxy) is 2. The summed E-state index contributed by atoms with van der Waals surface area (Å²) < 4.78 is 50.1. The van der Waals surface area contributed by atoms with Crippen molar-refractivity contribution in [2.45, 2.75) is 12.8 Å². The van der Waals surface area contributed by atoms with Crippen LogP contribution in [0, 0.1) is 0 Å². The van der Waals surface area contributed by atoms with Gasteiger partial charge in [-0.2, -0.15) is 13.2 Å². The van der Waals surface area contributed by atoms with Crippen LogP contribution < -0.4 is 25.4 Å². The van der Waals surface area contributed by atoms with E-state index in [-0.39, 0.29) is 18.2 Å². The van der Waals surface area contributed by atoms with Gasteiger partial charge in [0.15, 0.2) is 0 Å². The van der Waals surface area contributed by atoms with E-state index in [1.165, 1.54) is 25.4 Å². The molecule has 0 bridgehead atoms. The number of carbonyl (C=O) groups excluding carboxylic acids is 2. The van der Waals surface area contributed by atoms with E-state index in [2.05, 4.69) is 20.9 Å². The molecule has 0 radical (unpaired) electrons. The van der Waals surface area contributed by atoms with E-state index in [4.69, 9.17) is 9.47 Å². The van der Waals surface area contributed by atoms with Crippen LogP contribution in [0.1, 0.15) is 21.6 Å². The van der Waals surface area contributed by atoms with Crippen molar-refractivity contribution in [1.82, 2.24) is 10.3 Å². The number of hydrogen-bond acceptors (Lipinski definition) is 5. The van der Waals surface area contributed by atoms with E-state index in [9.17, 15) is 22.8 Å². The molecule has 0 fully saturated rings. The zero-order valence-electron chi connectivity index (χ0n) is 20.6. The lowest BCUT2D eigenvalue weighted by atomic mass is 10.1. The van der Waals surface area contributed by atoms with Crippen molar-refractivity contribution in [3.8, 4) is 17.2 Å². The number of nitrogens with one attached hydrogen (secondary N) is 3. The number of halogens is 3. The standard InChI is InChI=1S/C28H23F3N4O4/c1-32-26(36)25-16-24(12-13-33-25)39-22-10-8-20(9-11-22)34-27(37)35-21-6-3-7-23(15-21)38-17-18-4-2-5-19(14-18)28(29,30)31/h2-16H,17H2,1H3,(H,32,36)(H2,34,35,37). The Morgan fingerprint density at radius 1 is 0.821 bits per heavy atom. The second kappa shape index (κ2) is 12.0. The zero-order valence-corrected chi connectivity index (χ0v) is 20.6. The van der Waals surface area contributed by atoms with Crippen molar-refractivity contribution in [1.29, 1.82) is 0 Å². The Balaban J connectivity index is 1.31. The Kier molecular flexibility index (Phi) is 8.30. The topological polar surface area (TPSA) is 102 Å². The Bertz CT molecular complexity index is 1460. The number of benzene rings is 3. The lowest BCUT2D eigenvalue weighted by Crippen LogP contribution is -2.19. The first-order valence-corrected chi connectivity index (χ1v) is 11.6. The first-order chi connectivity index (χ1) is 18.7. The van der Waals surface area contributed by atoms with Gasteiger partial charge in [-0.05, 0) is 60.2 Å². The van der Waals surface area contributed by atoms with Gasteiger partial charge in [0.25, 0.3) is 5.91 Å². The van der Waals surface area contributed by atoms with Gasteiger partial charge in [-0.25, -0.2) is 4.79 Å². The zero-order chi connectivity index (χ0) is 27.8. The average molecular weight is 537 g/mol. The van der Waals surface area contributed by atoms with Crippen molar-refractivity contribution < 1.29 is 32.2 Å². The Morgan fingerprint density at radius 2 is 1.56 bits per heavy atom. The molecule has 200 valence electrons. The molecule has 0 saturated carbocycles. The number of anilines is 2. The maximum absolute atomic E-state index is 12.9. The summed E-state index contributed by atoms with van der Waals surface area (Å²) in [4.78, 5) is 28.2. The summed E-state index contributed by atoms with van der Waals surface area (Å²) in [7, 11) is 1.51. The van der Waals surface area contributed by atoms with Gasteiger partial charge in [-0.15, -0.1) is 0 Å². The quantitative estimate of drug-likeness (QED) is 0.239. The molecule has 0 atom stereocenters. The molecule has 1 aromatic heterocycles. The normalized spacial score (nSPS) is 10.9. The summed E-state index contributed by atoms with van der Waals surface area (Å²) >= 11 is 0. The fourth-order valence-corrected chi connectivity index (χ4v) is 3.43. The molecule has 0 unspecified atom stereocenters. The number of aromatic nitrogens is 1. The SMILES string of the molecule is CNC(=O)c1cc(Oc2ccc(NC(=O)Nc3cccc(OCc4cccc(C(F)(F)F)c4)c3)cc2)ccn1. The van der Waals surface area contributed by atoms with E-state index >= 15 is 0 Å². The minimum Gasteiger partial charge on any atom is -0.489 e. The Hall–Kier alpha value is -5.06. The second-order valence-corrected chi connectivity index (χ2v) is 8.18. The van der Waals surface area contributed by atoms with Crippen LogP contribution in [0.2, 0.25) is 0 Å². The van der Waals surface area contributed by atoms with Crippen LogP contribution in [0.4, 0.5) is 29.3 Å². The van der Waals surface area contributed by atoms with Crippen LogP contribution in [0.3, 0.4) is 0 Å². The molecule has 1 heterocycles. The van der Waals surface area contributed by atoms with Gasteiger partial charge in [-0.3, -0.25) is 9.78 Å². The van der Waals surface area contributed by atoms with E-state index in [1.54, 1.807) is 60.7 Å². The molecular formula is C28H23F3N4O4. The predicted molar refractivity (Wildman–Crippen MR) is 139 cm³/mol. The maximum Gasteiger partial charge on any atom is 0.416 e. The lowest BCUT2D eigenvalue weighted by molar-refractivity contribution is -0.137. The number of rotatable bonds is 8. The van der Waals surface area contributed by atoms with Crippen LogP contribution in [-0.2, 0) is 12.8 Å². The molecule has 3 N–H and O–H groups in total. The summed E-state index contributed by atoms with van der Waals surface area (Å²) in [6, 6.07) is 20.6. The van der Waals surface area contributed by atoms with Gasteiger partial charge >= 0.3 is 12.2 Å². The minimum absolute atomic E-state index is 0.0689. The third-order valence-electron chi connectivity index (χ3n) is 5.29. The van der Waals surface area contributed by atoms with E-state index in [1.807, 2.05) is 0 Å². The minimum atomic E-state index is -4.43. The van der Waals surface area contributed by atoms with Crippen LogP contribution >= 0.6 is 0 Å². The first-order valence-electron chi connectivity index (χ1n) is 11.6. The van der Waals surface area contributed by atoms with Crippen LogP contribution in [-0.4, -0.2) is 24.0 Å². The molecular weight excluding hydrogens is 513 g/mol. The molecule has 8 nitrogen and oxygen atoms in total. The fraction of sp³-hybridized carbons (Fsp3) is 0.107. The predicted octanol–water partition coefficient (Wildman–Crippen LogP) is 6.48. The Labute approximate surface area is 221 Å². The molecule has 3 aromatic carbocycles. The Morgan fingerprint density at radius 3 is 2.31 bits per heavy atom. The number of carbonyl (C=O) groups is 2. The van der Waals surface area contributed by atoms with Crippen molar-refractivity contribution in [2.75, 3.05) is 17.7 Å². The van der Waals surface area contributed by atoms with Gasteiger partial charge < -0.3 is 25.4 Å². The van der Waals surface area contributed by atoms with Gasteiger partial charge in [0.2, 0.25) is 0 Å². The third kappa shape index (κ3) is 7.71. The highest BCUT2D eigenvalue weighted by Crippen LogP contribution is 2.30. The smallest absolute Gasteiger partial charge is 0.416 e. The summed E-state index contributed by atoms with van der Waals surface area (Å²) in [6.45, 7) is -0.0689. The second-order valence-electron chi connectivity index (χ2n) is 8.18. The van der Waals surface area contributed by atoms with Crippen LogP contribution in [0.25, 0.3) is 0 Å². The number of pyridine rings is 1. The number of urea groups is 1. The first kappa shape index (κ1) is 27.0. The monoisotopic (exact) mass is 536 g/mol. The van der Waals surface area contributed by atoms with Gasteiger partial charge in [0, 0.05) is 36.8 Å². The molecule has 4 aromatic rings. The molecule has 0 aliphatic heterocycles. The summed E-state index contributed by atoms with van der Waals surface area (Å²) in [5, 5.41) is 7.87. The van der Waals surface area contributed by atoms with Crippen molar-refractivity contribution in [3.63, 3.8) is 0 Å². The number of nitrogens with zero attached hydrogens (tertiary/aromatic N) is 1. The molecule has 39 heavy (non-hydrogen) atoms. The van der Waals surface area contributed by atoms with E-state index < -0.39 is 17.8 Å². The highest BCUT2D eigenvalue weighted by atomic mass is 19.4. The molecule has 4 rings (SSSR count). The fourth-order valence-electron chi connectivity index (χ4n) is 3.43. The molecule has 0 spiro atoms. The summed E-state index contributed by atoms with van der Waals surface area (Å²) in [6.07, 6.45) is -2.97. The lowest BCUT2D eigenvalue weighted by Gasteiger charge is -2.12. The molecule has 3 amide bonds. The van der Waals surface area contributed by atoms with E-state index in [0.717, 1.165) is 12.1 Å². The van der Waals surface area contributed by atoms with E-state index in [0.29, 0.717) is 34.2 Å².